The zero-order valence-electron chi connectivity index (χ0n) is 8.60. The van der Waals surface area contributed by atoms with Crippen LogP contribution in [0.1, 0.15) is 12.0 Å². The lowest BCUT2D eigenvalue weighted by atomic mass is 10.0. The molecule has 0 aliphatic heterocycles. The molecule has 2 aromatic carbocycles. The highest BCUT2D eigenvalue weighted by molar-refractivity contribution is 5.92. The SMILES string of the molecule is O=CCC#Cc1ccc(O)c2ccccc12. The number of carbonyl (C=O) groups excluding carboxylic acids is 1. The standard InChI is InChI=1S/C14H10O2/c15-10-4-3-5-11-8-9-14(16)13-7-2-1-6-12(11)13/h1-2,6-10,16H,4H2. The molecular weight excluding hydrogens is 200 g/mol. The van der Waals surface area contributed by atoms with Crippen LogP contribution in [0.25, 0.3) is 10.8 Å². The van der Waals surface area contributed by atoms with Crippen molar-refractivity contribution in [2.45, 2.75) is 6.42 Å². The highest BCUT2D eigenvalue weighted by Gasteiger charge is 2.01. The fraction of sp³-hybridized carbons (Fsp3) is 0.0714. The van der Waals surface area contributed by atoms with Crippen LogP contribution in [-0.2, 0) is 4.79 Å². The van der Waals surface area contributed by atoms with Gasteiger partial charge in [-0.25, -0.2) is 0 Å². The first-order valence-corrected chi connectivity index (χ1v) is 4.96. The van der Waals surface area contributed by atoms with Gasteiger partial charge < -0.3 is 9.90 Å². The average molecular weight is 210 g/mol. The van der Waals surface area contributed by atoms with Crippen molar-refractivity contribution >= 4 is 17.1 Å². The van der Waals surface area contributed by atoms with E-state index in [1.807, 2.05) is 24.3 Å². The Hall–Kier alpha value is -2.27. The van der Waals surface area contributed by atoms with Crippen LogP contribution in [0.2, 0.25) is 0 Å². The fourth-order valence-corrected chi connectivity index (χ4v) is 1.58. The Morgan fingerprint density at radius 1 is 1.12 bits per heavy atom. The van der Waals surface area contributed by atoms with Crippen molar-refractivity contribution in [3.8, 4) is 17.6 Å². The van der Waals surface area contributed by atoms with E-state index in [2.05, 4.69) is 11.8 Å². The number of aromatic hydroxyl groups is 1. The van der Waals surface area contributed by atoms with Crippen LogP contribution in [-0.4, -0.2) is 11.4 Å². The van der Waals surface area contributed by atoms with E-state index in [4.69, 9.17) is 0 Å². The van der Waals surface area contributed by atoms with Crippen molar-refractivity contribution in [2.75, 3.05) is 0 Å². The van der Waals surface area contributed by atoms with E-state index < -0.39 is 0 Å². The van der Waals surface area contributed by atoms with Crippen LogP contribution in [0.5, 0.6) is 5.75 Å². The fourth-order valence-electron chi connectivity index (χ4n) is 1.58. The van der Waals surface area contributed by atoms with E-state index >= 15 is 0 Å². The monoisotopic (exact) mass is 210 g/mol. The lowest BCUT2D eigenvalue weighted by Gasteiger charge is -2.02. The van der Waals surface area contributed by atoms with Crippen LogP contribution >= 0.6 is 0 Å². The number of rotatable bonds is 1. The zero-order chi connectivity index (χ0) is 11.4. The lowest BCUT2D eigenvalue weighted by molar-refractivity contribution is -0.107. The first-order chi connectivity index (χ1) is 7.83. The number of phenols is 1. The highest BCUT2D eigenvalue weighted by Crippen LogP contribution is 2.26. The molecule has 0 amide bonds. The second-order valence-corrected chi connectivity index (χ2v) is 3.35. The van der Waals surface area contributed by atoms with Gasteiger partial charge in [-0.3, -0.25) is 0 Å². The van der Waals surface area contributed by atoms with Gasteiger partial charge in [-0.2, -0.15) is 0 Å². The summed E-state index contributed by atoms with van der Waals surface area (Å²) in [5.41, 5.74) is 0.829. The van der Waals surface area contributed by atoms with Crippen molar-refractivity contribution < 1.29 is 9.90 Å². The molecule has 1 N–H and O–H groups in total. The molecule has 2 aromatic rings. The number of benzene rings is 2. The third-order valence-corrected chi connectivity index (χ3v) is 2.31. The van der Waals surface area contributed by atoms with E-state index in [1.165, 1.54) is 0 Å². The molecular formula is C14H10O2. The Bertz CT molecular complexity index is 588. The molecule has 2 rings (SSSR count). The molecule has 0 aliphatic carbocycles. The summed E-state index contributed by atoms with van der Waals surface area (Å²) >= 11 is 0. The molecule has 0 fully saturated rings. The van der Waals surface area contributed by atoms with Gasteiger partial charge in [-0.15, -0.1) is 0 Å². The Kier molecular flexibility index (Phi) is 2.88. The van der Waals surface area contributed by atoms with Gasteiger partial charge in [-0.1, -0.05) is 36.1 Å². The van der Waals surface area contributed by atoms with Crippen molar-refractivity contribution in [2.24, 2.45) is 0 Å². The van der Waals surface area contributed by atoms with Gasteiger partial charge in [0, 0.05) is 16.3 Å². The number of aldehydes is 1. The van der Waals surface area contributed by atoms with Crippen molar-refractivity contribution in [1.29, 1.82) is 0 Å². The number of phenolic OH excluding ortho intramolecular Hbond substituents is 1. The summed E-state index contributed by atoms with van der Waals surface area (Å²) < 4.78 is 0. The van der Waals surface area contributed by atoms with Gasteiger partial charge in [0.25, 0.3) is 0 Å². The predicted molar refractivity (Wildman–Crippen MR) is 63.2 cm³/mol. The molecule has 0 saturated heterocycles. The summed E-state index contributed by atoms with van der Waals surface area (Å²) in [7, 11) is 0. The highest BCUT2D eigenvalue weighted by atomic mass is 16.3. The molecule has 0 bridgehead atoms. The normalized spacial score (nSPS) is 9.50. The van der Waals surface area contributed by atoms with E-state index in [0.29, 0.717) is 0 Å². The van der Waals surface area contributed by atoms with Gasteiger partial charge in [0.15, 0.2) is 0 Å². The molecule has 0 unspecified atom stereocenters. The van der Waals surface area contributed by atoms with Gasteiger partial charge in [0.2, 0.25) is 0 Å². The first kappa shape index (κ1) is 10.3. The van der Waals surface area contributed by atoms with E-state index in [-0.39, 0.29) is 12.2 Å². The smallest absolute Gasteiger partial charge is 0.131 e. The third kappa shape index (κ3) is 1.89. The number of hydrogen-bond donors (Lipinski definition) is 1. The summed E-state index contributed by atoms with van der Waals surface area (Å²) in [6.45, 7) is 0. The van der Waals surface area contributed by atoms with Gasteiger partial charge in [0.1, 0.15) is 12.0 Å². The Morgan fingerprint density at radius 3 is 2.62 bits per heavy atom. The van der Waals surface area contributed by atoms with Crippen LogP contribution < -0.4 is 0 Å². The predicted octanol–water partition coefficient (Wildman–Crippen LogP) is 2.49. The third-order valence-electron chi connectivity index (χ3n) is 2.31. The molecule has 2 nitrogen and oxygen atoms in total. The van der Waals surface area contributed by atoms with Crippen LogP contribution in [0.4, 0.5) is 0 Å². The molecule has 0 saturated carbocycles. The quantitative estimate of drug-likeness (QED) is 0.580. The van der Waals surface area contributed by atoms with Crippen molar-refractivity contribution in [3.63, 3.8) is 0 Å². The molecule has 0 atom stereocenters. The average Bonchev–Trinajstić information content (AvgIpc) is 2.33. The minimum Gasteiger partial charge on any atom is -0.507 e. The summed E-state index contributed by atoms with van der Waals surface area (Å²) in [4.78, 5) is 10.2. The Labute approximate surface area is 93.5 Å². The van der Waals surface area contributed by atoms with Crippen LogP contribution in [0.15, 0.2) is 36.4 Å². The van der Waals surface area contributed by atoms with Crippen LogP contribution in [0.3, 0.4) is 0 Å². The largest absolute Gasteiger partial charge is 0.507 e. The summed E-state index contributed by atoms with van der Waals surface area (Å²) in [5, 5.41) is 11.3. The van der Waals surface area contributed by atoms with E-state index in [0.717, 1.165) is 22.6 Å². The minimum absolute atomic E-state index is 0.231. The number of fused-ring (bicyclic) bond motifs is 1. The molecule has 78 valence electrons. The number of hydrogen-bond acceptors (Lipinski definition) is 2. The van der Waals surface area contributed by atoms with Crippen LogP contribution in [0, 0.1) is 11.8 Å². The maximum atomic E-state index is 10.2. The molecule has 16 heavy (non-hydrogen) atoms. The molecule has 0 radical (unpaired) electrons. The summed E-state index contributed by atoms with van der Waals surface area (Å²) in [6, 6.07) is 10.9. The first-order valence-electron chi connectivity index (χ1n) is 4.96. The lowest BCUT2D eigenvalue weighted by Crippen LogP contribution is -1.80. The Morgan fingerprint density at radius 2 is 1.88 bits per heavy atom. The Balaban J connectivity index is 2.60. The van der Waals surface area contributed by atoms with Gasteiger partial charge in [-0.05, 0) is 12.1 Å². The van der Waals surface area contributed by atoms with E-state index in [1.54, 1.807) is 12.1 Å². The molecule has 0 spiro atoms. The maximum absolute atomic E-state index is 10.2. The molecule has 2 heteroatoms. The van der Waals surface area contributed by atoms with E-state index in [9.17, 15) is 9.90 Å². The molecule has 0 heterocycles. The minimum atomic E-state index is 0.231. The zero-order valence-corrected chi connectivity index (χ0v) is 8.60. The topological polar surface area (TPSA) is 37.3 Å². The van der Waals surface area contributed by atoms with Gasteiger partial charge in [0.05, 0.1) is 6.42 Å². The molecule has 0 aromatic heterocycles. The maximum Gasteiger partial charge on any atom is 0.131 e. The van der Waals surface area contributed by atoms with Crippen molar-refractivity contribution in [1.82, 2.24) is 0 Å². The second kappa shape index (κ2) is 4.50. The second-order valence-electron chi connectivity index (χ2n) is 3.35. The van der Waals surface area contributed by atoms with Gasteiger partial charge >= 0.3 is 0 Å². The molecule has 0 aliphatic rings. The van der Waals surface area contributed by atoms with Crippen molar-refractivity contribution in [3.05, 3.63) is 42.0 Å². The summed E-state index contributed by atoms with van der Waals surface area (Å²) in [5.74, 6) is 5.93. The summed E-state index contributed by atoms with van der Waals surface area (Å²) in [6.07, 6.45) is 1.00. The number of carbonyl (C=O) groups is 1.